The lowest BCUT2D eigenvalue weighted by Gasteiger charge is -2.05. The van der Waals surface area contributed by atoms with Gasteiger partial charge < -0.3 is 16.0 Å². The van der Waals surface area contributed by atoms with Crippen LogP contribution < -0.4 is 11.1 Å². The van der Waals surface area contributed by atoms with Gasteiger partial charge in [0.15, 0.2) is 0 Å². The molecule has 1 heterocycles. The van der Waals surface area contributed by atoms with Gasteiger partial charge in [-0.25, -0.2) is 0 Å². The molecule has 5 heteroatoms. The number of halogens is 1. The number of carbonyl (C=O) groups is 1. The molecule has 0 saturated heterocycles. The average Bonchev–Trinajstić information content (AvgIpc) is 2.47. The van der Waals surface area contributed by atoms with Gasteiger partial charge in [-0.1, -0.05) is 0 Å². The summed E-state index contributed by atoms with van der Waals surface area (Å²) >= 11 is 3.30. The standard InChI is InChI=1S/C8H12BrN3O/c1-5(10)8(13)12-4-7-2-6(9)3-11-7/h2-3,5,11H,4,10H2,1H3,(H,12,13)/t5-/m1/s1. The fraction of sp³-hybridized carbons (Fsp3) is 0.375. The van der Waals surface area contributed by atoms with Crippen molar-refractivity contribution in [2.45, 2.75) is 19.5 Å². The summed E-state index contributed by atoms with van der Waals surface area (Å²) in [4.78, 5) is 14.1. The number of hydrogen-bond donors (Lipinski definition) is 3. The van der Waals surface area contributed by atoms with Gasteiger partial charge in [-0.3, -0.25) is 4.79 Å². The predicted molar refractivity (Wildman–Crippen MR) is 54.0 cm³/mol. The lowest BCUT2D eigenvalue weighted by Crippen LogP contribution is -2.37. The van der Waals surface area contributed by atoms with Crippen LogP contribution >= 0.6 is 15.9 Å². The number of aromatic nitrogens is 1. The highest BCUT2D eigenvalue weighted by Crippen LogP contribution is 2.09. The zero-order valence-electron chi connectivity index (χ0n) is 7.30. The lowest BCUT2D eigenvalue weighted by molar-refractivity contribution is -0.122. The van der Waals surface area contributed by atoms with Crippen LogP contribution in [0.15, 0.2) is 16.7 Å². The number of aromatic amines is 1. The number of nitrogens with two attached hydrogens (primary N) is 1. The Bertz CT molecular complexity index is 295. The molecule has 0 spiro atoms. The van der Waals surface area contributed by atoms with Gasteiger partial charge in [0.25, 0.3) is 0 Å². The second-order valence-electron chi connectivity index (χ2n) is 2.85. The maximum atomic E-state index is 11.1. The van der Waals surface area contributed by atoms with Crippen molar-refractivity contribution in [2.75, 3.05) is 0 Å². The molecule has 0 saturated carbocycles. The molecule has 1 aromatic heterocycles. The Labute approximate surface area is 85.0 Å². The van der Waals surface area contributed by atoms with Gasteiger partial charge in [-0.05, 0) is 28.9 Å². The molecule has 0 radical (unpaired) electrons. The van der Waals surface area contributed by atoms with E-state index in [0.29, 0.717) is 6.54 Å². The van der Waals surface area contributed by atoms with Crippen molar-refractivity contribution >= 4 is 21.8 Å². The number of carbonyl (C=O) groups excluding carboxylic acids is 1. The summed E-state index contributed by atoms with van der Waals surface area (Å²) in [5.74, 6) is -0.147. The zero-order chi connectivity index (χ0) is 9.84. The smallest absolute Gasteiger partial charge is 0.236 e. The minimum absolute atomic E-state index is 0.147. The summed E-state index contributed by atoms with van der Waals surface area (Å²) in [6.07, 6.45) is 1.81. The van der Waals surface area contributed by atoms with Crippen molar-refractivity contribution in [3.05, 3.63) is 22.4 Å². The van der Waals surface area contributed by atoms with Crippen LogP contribution in [0.4, 0.5) is 0 Å². The molecule has 1 rings (SSSR count). The molecule has 0 aliphatic carbocycles. The Morgan fingerprint density at radius 3 is 3.00 bits per heavy atom. The Morgan fingerprint density at radius 2 is 2.54 bits per heavy atom. The van der Waals surface area contributed by atoms with E-state index >= 15 is 0 Å². The van der Waals surface area contributed by atoms with Crippen molar-refractivity contribution < 1.29 is 4.79 Å². The second kappa shape index (κ2) is 4.43. The van der Waals surface area contributed by atoms with Gasteiger partial charge in [0.05, 0.1) is 12.6 Å². The van der Waals surface area contributed by atoms with E-state index in [1.165, 1.54) is 0 Å². The van der Waals surface area contributed by atoms with Crippen LogP contribution in [0.2, 0.25) is 0 Å². The molecule has 0 aliphatic rings. The van der Waals surface area contributed by atoms with Crippen molar-refractivity contribution in [1.82, 2.24) is 10.3 Å². The third-order valence-electron chi connectivity index (χ3n) is 1.57. The van der Waals surface area contributed by atoms with Crippen LogP contribution in [-0.4, -0.2) is 16.9 Å². The summed E-state index contributed by atoms with van der Waals surface area (Å²) in [5.41, 5.74) is 6.32. The quantitative estimate of drug-likeness (QED) is 0.736. The van der Waals surface area contributed by atoms with E-state index in [4.69, 9.17) is 5.73 Å². The molecule has 0 aromatic carbocycles. The van der Waals surface area contributed by atoms with Crippen molar-refractivity contribution in [2.24, 2.45) is 5.73 Å². The third-order valence-corrected chi connectivity index (χ3v) is 2.03. The van der Waals surface area contributed by atoms with E-state index in [0.717, 1.165) is 10.2 Å². The molecule has 72 valence electrons. The van der Waals surface area contributed by atoms with Gasteiger partial charge in [0, 0.05) is 16.4 Å². The molecule has 4 nitrogen and oxygen atoms in total. The summed E-state index contributed by atoms with van der Waals surface area (Å²) in [6.45, 7) is 2.13. The third kappa shape index (κ3) is 3.20. The minimum Gasteiger partial charge on any atom is -0.362 e. The van der Waals surface area contributed by atoms with Crippen LogP contribution in [0.5, 0.6) is 0 Å². The average molecular weight is 246 g/mol. The normalized spacial score (nSPS) is 12.5. The summed E-state index contributed by atoms with van der Waals surface area (Å²) in [6, 6.07) is 1.44. The molecule has 0 fully saturated rings. The first-order chi connectivity index (χ1) is 6.09. The fourth-order valence-corrected chi connectivity index (χ4v) is 1.25. The maximum absolute atomic E-state index is 11.1. The number of H-pyrrole nitrogens is 1. The van der Waals surface area contributed by atoms with Crippen molar-refractivity contribution in [3.8, 4) is 0 Å². The molecular weight excluding hydrogens is 234 g/mol. The highest BCUT2D eigenvalue weighted by atomic mass is 79.9. The molecule has 4 N–H and O–H groups in total. The first-order valence-electron chi connectivity index (χ1n) is 3.95. The van der Waals surface area contributed by atoms with E-state index in [1.54, 1.807) is 6.92 Å². The molecular formula is C8H12BrN3O. The van der Waals surface area contributed by atoms with E-state index in [-0.39, 0.29) is 5.91 Å². The monoisotopic (exact) mass is 245 g/mol. The number of rotatable bonds is 3. The van der Waals surface area contributed by atoms with Crippen LogP contribution in [0, 0.1) is 0 Å². The van der Waals surface area contributed by atoms with E-state index in [9.17, 15) is 4.79 Å². The van der Waals surface area contributed by atoms with Gasteiger partial charge in [-0.15, -0.1) is 0 Å². The Kier molecular flexibility index (Phi) is 3.50. The molecule has 0 unspecified atom stereocenters. The van der Waals surface area contributed by atoms with Crippen molar-refractivity contribution in [1.29, 1.82) is 0 Å². The van der Waals surface area contributed by atoms with Gasteiger partial charge >= 0.3 is 0 Å². The van der Waals surface area contributed by atoms with E-state index in [1.807, 2.05) is 12.3 Å². The van der Waals surface area contributed by atoms with Gasteiger partial charge in [-0.2, -0.15) is 0 Å². The number of amides is 1. The molecule has 0 aliphatic heterocycles. The topological polar surface area (TPSA) is 70.9 Å². The van der Waals surface area contributed by atoms with Gasteiger partial charge in [0.2, 0.25) is 5.91 Å². The molecule has 0 bridgehead atoms. The Balaban J connectivity index is 2.39. The Hall–Kier alpha value is -0.810. The molecule has 1 atom stereocenters. The fourth-order valence-electron chi connectivity index (χ4n) is 0.857. The van der Waals surface area contributed by atoms with Gasteiger partial charge in [0.1, 0.15) is 0 Å². The van der Waals surface area contributed by atoms with Crippen molar-refractivity contribution in [3.63, 3.8) is 0 Å². The minimum atomic E-state index is -0.460. The molecule has 13 heavy (non-hydrogen) atoms. The van der Waals surface area contributed by atoms with Crippen LogP contribution in [0.3, 0.4) is 0 Å². The lowest BCUT2D eigenvalue weighted by atomic mass is 10.3. The molecule has 1 amide bonds. The second-order valence-corrected chi connectivity index (χ2v) is 3.77. The van der Waals surface area contributed by atoms with Crippen LogP contribution in [0.1, 0.15) is 12.6 Å². The SMILES string of the molecule is C[C@@H](N)C(=O)NCc1cc(Br)c[nH]1. The van der Waals surface area contributed by atoms with E-state index in [2.05, 4.69) is 26.2 Å². The predicted octanol–water partition coefficient (Wildman–Crippen LogP) is 0.741. The highest BCUT2D eigenvalue weighted by molar-refractivity contribution is 9.10. The first-order valence-corrected chi connectivity index (χ1v) is 4.75. The summed E-state index contributed by atoms with van der Waals surface area (Å²) in [7, 11) is 0. The number of hydrogen-bond acceptors (Lipinski definition) is 2. The maximum Gasteiger partial charge on any atom is 0.236 e. The summed E-state index contributed by atoms with van der Waals surface area (Å²) < 4.78 is 0.970. The first kappa shape index (κ1) is 10.3. The zero-order valence-corrected chi connectivity index (χ0v) is 8.89. The highest BCUT2D eigenvalue weighted by Gasteiger charge is 2.06. The van der Waals surface area contributed by atoms with Crippen LogP contribution in [-0.2, 0) is 11.3 Å². The summed E-state index contributed by atoms with van der Waals surface area (Å²) in [5, 5.41) is 2.70. The largest absolute Gasteiger partial charge is 0.362 e. The number of nitrogens with one attached hydrogen (secondary N) is 2. The molecule has 1 aromatic rings. The van der Waals surface area contributed by atoms with E-state index < -0.39 is 6.04 Å². The Morgan fingerprint density at radius 1 is 1.85 bits per heavy atom. The van der Waals surface area contributed by atoms with Crippen LogP contribution in [0.25, 0.3) is 0 Å².